The van der Waals surface area contributed by atoms with Crippen molar-refractivity contribution in [2.75, 3.05) is 14.2 Å². The molecule has 2 aliphatic rings. The number of aryl methyl sites for hydroxylation is 1. The lowest BCUT2D eigenvalue weighted by atomic mass is 9.83. The lowest BCUT2D eigenvalue weighted by Crippen LogP contribution is -2.38. The number of nitrogens with zero attached hydrogens (tertiary/aromatic N) is 2. The van der Waals surface area contributed by atoms with Gasteiger partial charge in [0.2, 0.25) is 0 Å². The van der Waals surface area contributed by atoms with Crippen molar-refractivity contribution in [3.05, 3.63) is 145 Å². The number of aromatic amines is 1. The van der Waals surface area contributed by atoms with Gasteiger partial charge >= 0.3 is 0 Å². The second-order valence-corrected chi connectivity index (χ2v) is 12.1. The monoisotopic (exact) mass is 595 g/mol. The van der Waals surface area contributed by atoms with E-state index in [0.29, 0.717) is 9.33 Å². The van der Waals surface area contributed by atoms with Crippen molar-refractivity contribution < 1.29 is 9.47 Å². The fourth-order valence-electron chi connectivity index (χ4n) is 6.57. The molecule has 0 bridgehead atoms. The number of fused-ring (bicyclic) bond motifs is 4. The second kappa shape index (κ2) is 10.5. The highest BCUT2D eigenvalue weighted by molar-refractivity contribution is 7.07. The smallest absolute Gasteiger partial charge is 0.271 e. The van der Waals surface area contributed by atoms with E-state index in [2.05, 4.69) is 47.4 Å². The zero-order chi connectivity index (χ0) is 29.8. The number of nitrogens with one attached hydrogen (secondary N) is 1. The topological polar surface area (TPSA) is 68.6 Å². The van der Waals surface area contributed by atoms with Gasteiger partial charge in [0.1, 0.15) is 11.5 Å². The quantitative estimate of drug-likeness (QED) is 0.248. The van der Waals surface area contributed by atoms with E-state index in [-0.39, 0.29) is 11.6 Å². The van der Waals surface area contributed by atoms with Gasteiger partial charge in [0, 0.05) is 22.0 Å². The van der Waals surface area contributed by atoms with Crippen molar-refractivity contribution in [1.29, 1.82) is 0 Å². The van der Waals surface area contributed by atoms with E-state index >= 15 is 0 Å². The molecule has 0 amide bonds. The minimum Gasteiger partial charge on any atom is -0.497 e. The van der Waals surface area contributed by atoms with Crippen LogP contribution >= 0.6 is 11.3 Å². The Hall–Kier alpha value is -5.14. The third-order valence-electron chi connectivity index (χ3n) is 8.67. The Labute approximate surface area is 257 Å². The fraction of sp³-hybridized carbons (Fsp3) is 0.135. The number of hydrogen-bond donors (Lipinski definition) is 1. The normalized spacial score (nSPS) is 15.9. The molecule has 8 rings (SSSR count). The summed E-state index contributed by atoms with van der Waals surface area (Å²) in [5, 5.41) is 0.992. The third kappa shape index (κ3) is 4.23. The molecule has 4 aromatic carbocycles. The van der Waals surface area contributed by atoms with Crippen LogP contribution in [-0.4, -0.2) is 23.8 Å². The van der Waals surface area contributed by atoms with E-state index in [1.807, 2.05) is 65.2 Å². The number of ether oxygens (including phenoxy) is 2. The van der Waals surface area contributed by atoms with Crippen LogP contribution in [0.15, 0.2) is 112 Å². The predicted octanol–water partition coefficient (Wildman–Crippen LogP) is 6.48. The second-order valence-electron chi connectivity index (χ2n) is 11.1. The largest absolute Gasteiger partial charge is 0.497 e. The van der Waals surface area contributed by atoms with E-state index in [1.54, 1.807) is 14.2 Å². The number of thiazole rings is 1. The van der Waals surface area contributed by atoms with Gasteiger partial charge in [-0.15, -0.1) is 0 Å². The highest BCUT2D eigenvalue weighted by Gasteiger charge is 2.32. The average molecular weight is 596 g/mol. The first kappa shape index (κ1) is 26.5. The van der Waals surface area contributed by atoms with Crippen molar-refractivity contribution in [1.82, 2.24) is 9.55 Å². The summed E-state index contributed by atoms with van der Waals surface area (Å²) in [6.45, 7) is 0. The zero-order valence-corrected chi connectivity index (χ0v) is 25.2. The minimum absolute atomic E-state index is 0.0526. The summed E-state index contributed by atoms with van der Waals surface area (Å²) >= 11 is 1.44. The van der Waals surface area contributed by atoms with Crippen LogP contribution in [-0.2, 0) is 6.42 Å². The molecule has 0 saturated heterocycles. The maximum Gasteiger partial charge on any atom is 0.271 e. The van der Waals surface area contributed by atoms with E-state index < -0.39 is 0 Å². The highest BCUT2D eigenvalue weighted by Crippen LogP contribution is 2.42. The summed E-state index contributed by atoms with van der Waals surface area (Å²) in [6, 6.07) is 32.5. The summed E-state index contributed by atoms with van der Waals surface area (Å²) in [6.07, 6.45) is 3.76. The van der Waals surface area contributed by atoms with Gasteiger partial charge in [-0.1, -0.05) is 78.1 Å². The Morgan fingerprint density at radius 3 is 2.52 bits per heavy atom. The summed E-state index contributed by atoms with van der Waals surface area (Å²) < 4.78 is 13.7. The van der Waals surface area contributed by atoms with Crippen LogP contribution < -0.4 is 24.4 Å². The van der Waals surface area contributed by atoms with Gasteiger partial charge in [-0.2, -0.15) is 0 Å². The van der Waals surface area contributed by atoms with Gasteiger partial charge in [-0.25, -0.2) is 4.99 Å². The summed E-state index contributed by atoms with van der Waals surface area (Å²) in [4.78, 5) is 24.0. The van der Waals surface area contributed by atoms with Crippen LogP contribution in [0.25, 0.3) is 33.9 Å². The first-order chi connectivity index (χ1) is 21.6. The van der Waals surface area contributed by atoms with Crippen molar-refractivity contribution in [2.24, 2.45) is 4.99 Å². The minimum atomic E-state index is -0.275. The molecule has 216 valence electrons. The van der Waals surface area contributed by atoms with Gasteiger partial charge in [0.25, 0.3) is 5.56 Å². The van der Waals surface area contributed by atoms with Crippen LogP contribution in [0, 0.1) is 0 Å². The van der Waals surface area contributed by atoms with Crippen molar-refractivity contribution >= 4 is 34.0 Å². The first-order valence-corrected chi connectivity index (χ1v) is 15.5. The fourth-order valence-corrected chi connectivity index (χ4v) is 7.55. The first-order valence-electron chi connectivity index (χ1n) is 14.6. The zero-order valence-electron chi connectivity index (χ0n) is 24.3. The predicted molar refractivity (Wildman–Crippen MR) is 176 cm³/mol. The number of aromatic nitrogens is 2. The number of allylic oxidation sites excluding steroid dienone is 1. The molecule has 0 spiro atoms. The molecular formula is C37H29N3O3S. The molecule has 0 unspecified atom stereocenters. The van der Waals surface area contributed by atoms with Crippen LogP contribution in [0.4, 0.5) is 0 Å². The summed E-state index contributed by atoms with van der Waals surface area (Å²) in [5.41, 5.74) is 9.47. The Morgan fingerprint density at radius 1 is 0.886 bits per heavy atom. The molecule has 1 N–H and O–H groups in total. The molecule has 0 radical (unpaired) electrons. The van der Waals surface area contributed by atoms with E-state index in [0.717, 1.165) is 74.5 Å². The molecule has 7 heteroatoms. The number of methoxy groups -OCH3 is 2. The van der Waals surface area contributed by atoms with Gasteiger partial charge < -0.3 is 14.5 Å². The third-order valence-corrected chi connectivity index (χ3v) is 9.65. The molecular weight excluding hydrogens is 566 g/mol. The number of rotatable bonds is 5. The Morgan fingerprint density at radius 2 is 1.68 bits per heavy atom. The Kier molecular flexibility index (Phi) is 6.34. The van der Waals surface area contributed by atoms with Crippen molar-refractivity contribution in [3.8, 4) is 22.8 Å². The molecule has 1 atom stereocenters. The molecule has 44 heavy (non-hydrogen) atoms. The average Bonchev–Trinajstić information content (AvgIpc) is 3.60. The Bertz CT molecular complexity index is 2290. The van der Waals surface area contributed by atoms with E-state index in [4.69, 9.17) is 14.5 Å². The van der Waals surface area contributed by atoms with Crippen LogP contribution in [0.5, 0.6) is 11.5 Å². The van der Waals surface area contributed by atoms with Gasteiger partial charge in [0.15, 0.2) is 4.80 Å². The molecule has 1 aliphatic carbocycles. The maximum atomic E-state index is 14.5. The van der Waals surface area contributed by atoms with Crippen LogP contribution in [0.1, 0.15) is 34.7 Å². The number of H-pyrrole nitrogens is 1. The van der Waals surface area contributed by atoms with E-state index in [1.165, 1.54) is 16.9 Å². The van der Waals surface area contributed by atoms with Gasteiger partial charge in [-0.05, 0) is 71.5 Å². The lowest BCUT2D eigenvalue weighted by Gasteiger charge is -2.31. The molecule has 6 nitrogen and oxygen atoms in total. The van der Waals surface area contributed by atoms with Crippen LogP contribution in [0.3, 0.4) is 0 Å². The molecule has 2 aromatic heterocycles. The number of benzene rings is 4. The van der Waals surface area contributed by atoms with Crippen molar-refractivity contribution in [2.45, 2.75) is 18.9 Å². The maximum absolute atomic E-state index is 14.5. The molecule has 3 heterocycles. The van der Waals surface area contributed by atoms with Gasteiger partial charge in [-0.3, -0.25) is 9.36 Å². The highest BCUT2D eigenvalue weighted by atomic mass is 32.1. The standard InChI is InChI=1S/C37H29N3O3S/c1-42-25-13-8-12-24(19-25)35-28-17-15-22-9-6-7-14-27(22)34(28)39-37-40(35)36(41)32(44-37)21-30-29-20-26(43-2)16-18-31(29)38-33(30)23-10-4-3-5-11-23/h3-14,16,18-21,35,38H,15,17H2,1-2H3/b32-21+/t35-/m0/s1. The SMILES string of the molecule is COc1cccc([C@H]2C3=C(N=c4s/c(=C/c5c(-c6ccccc6)[nH]c6ccc(OC)cc56)c(=O)n42)c2ccccc2CC3)c1. The molecule has 1 aliphatic heterocycles. The molecule has 0 fully saturated rings. The molecule has 0 saturated carbocycles. The summed E-state index contributed by atoms with van der Waals surface area (Å²) in [5.74, 6) is 1.52. The number of hydrogen-bond acceptors (Lipinski definition) is 5. The van der Waals surface area contributed by atoms with Crippen LogP contribution in [0.2, 0.25) is 0 Å². The van der Waals surface area contributed by atoms with Crippen molar-refractivity contribution in [3.63, 3.8) is 0 Å². The van der Waals surface area contributed by atoms with Gasteiger partial charge in [0.05, 0.1) is 36.2 Å². The lowest BCUT2D eigenvalue weighted by molar-refractivity contribution is 0.413. The molecule has 6 aromatic rings. The summed E-state index contributed by atoms with van der Waals surface area (Å²) in [7, 11) is 3.34. The van der Waals surface area contributed by atoms with E-state index in [9.17, 15) is 4.79 Å². The Balaban J connectivity index is 1.41.